The molecule has 0 aromatic heterocycles. The molecule has 3 aromatic carbocycles. The lowest BCUT2D eigenvalue weighted by Gasteiger charge is -2.36. The van der Waals surface area contributed by atoms with Crippen molar-refractivity contribution < 1.29 is 47.1 Å². The third-order valence-electron chi connectivity index (χ3n) is 9.18. The lowest BCUT2D eigenvalue weighted by atomic mass is 9.93. The van der Waals surface area contributed by atoms with Gasteiger partial charge in [-0.3, -0.25) is 28.7 Å². The number of carbonyl (C=O) groups excluding carboxylic acids is 5. The summed E-state index contributed by atoms with van der Waals surface area (Å²) in [5, 5.41) is 4.13. The standard InChI is InChI=1S/C39H48N3O10P/c1-38(2,3)51-36(46)29(22-24-14-10-9-11-15-24)40-32(43)30-23-26(35(53(48,49-7)50-8)42(30)37(47)52-39(4,5)6)20-21-41-33(44)27-18-12-16-25-17-13-19-28(31(25)27)34(41)45/h9-19,26,29-30,35H,20-23H2,1-8H3,(H,40,43)/t26-,29+,30+,35-/m1/s1. The molecule has 0 saturated carbocycles. The van der Waals surface area contributed by atoms with Gasteiger partial charge in [-0.2, -0.15) is 0 Å². The summed E-state index contributed by atoms with van der Waals surface area (Å²) < 4.78 is 36.7. The molecule has 1 fully saturated rings. The number of amides is 4. The Labute approximate surface area is 309 Å². The molecule has 2 heterocycles. The Hall–Kier alpha value is -4.58. The Bertz CT molecular complexity index is 1880. The van der Waals surface area contributed by atoms with E-state index in [9.17, 15) is 28.5 Å². The van der Waals surface area contributed by atoms with Crippen molar-refractivity contribution in [2.45, 2.75) is 89.9 Å². The molecule has 0 aliphatic carbocycles. The van der Waals surface area contributed by atoms with E-state index in [1.165, 1.54) is 14.2 Å². The van der Waals surface area contributed by atoms with Gasteiger partial charge in [-0.05, 0) is 83.4 Å². The summed E-state index contributed by atoms with van der Waals surface area (Å²) in [7, 11) is -1.85. The lowest BCUT2D eigenvalue weighted by molar-refractivity contribution is -0.158. The van der Waals surface area contributed by atoms with Crippen molar-refractivity contribution in [3.8, 4) is 0 Å². The number of ether oxygens (including phenoxy) is 2. The van der Waals surface area contributed by atoms with E-state index in [1.807, 2.05) is 42.5 Å². The smallest absolute Gasteiger partial charge is 0.411 e. The second kappa shape index (κ2) is 15.4. The molecule has 2 aliphatic heterocycles. The summed E-state index contributed by atoms with van der Waals surface area (Å²) >= 11 is 0. The van der Waals surface area contributed by atoms with E-state index >= 15 is 0 Å². The number of carbonyl (C=O) groups is 5. The van der Waals surface area contributed by atoms with Crippen LogP contribution in [0.1, 0.15) is 80.7 Å². The molecule has 0 radical (unpaired) electrons. The van der Waals surface area contributed by atoms with Gasteiger partial charge in [-0.15, -0.1) is 0 Å². The summed E-state index contributed by atoms with van der Waals surface area (Å²) in [5.41, 5.74) is -0.370. The first kappa shape index (κ1) is 39.6. The maximum atomic E-state index is 14.4. The van der Waals surface area contributed by atoms with Crippen molar-refractivity contribution in [3.05, 3.63) is 83.4 Å². The zero-order valence-electron chi connectivity index (χ0n) is 31.4. The molecule has 0 unspecified atom stereocenters. The minimum Gasteiger partial charge on any atom is -0.458 e. The van der Waals surface area contributed by atoms with E-state index in [0.29, 0.717) is 16.5 Å². The van der Waals surface area contributed by atoms with E-state index < -0.39 is 72.4 Å². The van der Waals surface area contributed by atoms with E-state index in [0.717, 1.165) is 20.7 Å². The van der Waals surface area contributed by atoms with Gasteiger partial charge in [0, 0.05) is 43.7 Å². The van der Waals surface area contributed by atoms with Crippen LogP contribution >= 0.6 is 7.60 Å². The van der Waals surface area contributed by atoms with Gasteiger partial charge in [0.1, 0.15) is 29.1 Å². The quantitative estimate of drug-likeness (QED) is 0.133. The summed E-state index contributed by atoms with van der Waals surface area (Å²) in [6.45, 7) is 9.98. The van der Waals surface area contributed by atoms with Crippen LogP contribution < -0.4 is 5.32 Å². The molecular formula is C39H48N3O10P. The molecule has 3 aromatic rings. The summed E-state index contributed by atoms with van der Waals surface area (Å²) in [4.78, 5) is 71.6. The predicted octanol–water partition coefficient (Wildman–Crippen LogP) is 6.33. The normalized spacial score (nSPS) is 19.7. The van der Waals surface area contributed by atoms with Gasteiger partial charge in [0.15, 0.2) is 0 Å². The first-order chi connectivity index (χ1) is 24.9. The minimum absolute atomic E-state index is 0.0274. The maximum absolute atomic E-state index is 14.4. The second-order valence-electron chi connectivity index (χ2n) is 15.3. The number of nitrogens with one attached hydrogen (secondary N) is 1. The molecule has 5 rings (SSSR count). The van der Waals surface area contributed by atoms with Crippen molar-refractivity contribution in [2.75, 3.05) is 20.8 Å². The zero-order chi connectivity index (χ0) is 38.9. The summed E-state index contributed by atoms with van der Waals surface area (Å²) in [5.74, 6) is -4.54. The average molecular weight is 750 g/mol. The predicted molar refractivity (Wildman–Crippen MR) is 197 cm³/mol. The minimum atomic E-state index is -4.20. The Morgan fingerprint density at radius 1 is 0.830 bits per heavy atom. The van der Waals surface area contributed by atoms with Crippen LogP contribution in [0, 0.1) is 5.92 Å². The summed E-state index contributed by atoms with van der Waals surface area (Å²) in [6.07, 6.45) is -0.918. The van der Waals surface area contributed by atoms with Gasteiger partial charge in [0.2, 0.25) is 5.91 Å². The highest BCUT2D eigenvalue weighted by Crippen LogP contribution is 2.60. The van der Waals surface area contributed by atoms with Gasteiger partial charge in [0.25, 0.3) is 11.8 Å². The van der Waals surface area contributed by atoms with Crippen molar-refractivity contribution in [3.63, 3.8) is 0 Å². The zero-order valence-corrected chi connectivity index (χ0v) is 32.3. The van der Waals surface area contributed by atoms with Crippen LogP contribution in [0.3, 0.4) is 0 Å². The first-order valence-electron chi connectivity index (χ1n) is 17.5. The molecule has 0 spiro atoms. The molecular weight excluding hydrogens is 701 g/mol. The number of rotatable bonds is 11. The van der Waals surface area contributed by atoms with E-state index in [-0.39, 0.29) is 25.8 Å². The molecule has 4 amide bonds. The Morgan fingerprint density at radius 3 is 1.92 bits per heavy atom. The molecule has 0 bridgehead atoms. The van der Waals surface area contributed by atoms with E-state index in [1.54, 1.807) is 65.8 Å². The van der Waals surface area contributed by atoms with Crippen LogP contribution in [-0.2, 0) is 39.1 Å². The van der Waals surface area contributed by atoms with Crippen LogP contribution in [0.2, 0.25) is 0 Å². The highest BCUT2D eigenvalue weighted by molar-refractivity contribution is 7.54. The third-order valence-corrected chi connectivity index (χ3v) is 11.5. The topological polar surface area (TPSA) is 158 Å². The highest BCUT2D eigenvalue weighted by Gasteiger charge is 2.57. The molecule has 14 heteroatoms. The van der Waals surface area contributed by atoms with Crippen molar-refractivity contribution in [1.82, 2.24) is 15.1 Å². The molecule has 1 N–H and O–H groups in total. The number of esters is 1. The monoisotopic (exact) mass is 749 g/mol. The van der Waals surface area contributed by atoms with Crippen LogP contribution in [-0.4, -0.2) is 89.4 Å². The van der Waals surface area contributed by atoms with Crippen LogP contribution in [0.5, 0.6) is 0 Å². The van der Waals surface area contributed by atoms with Crippen LogP contribution in [0.25, 0.3) is 10.8 Å². The number of imide groups is 1. The number of nitrogens with zero attached hydrogens (tertiary/aromatic N) is 2. The van der Waals surface area contributed by atoms with Gasteiger partial charge < -0.3 is 23.8 Å². The Kier molecular flexibility index (Phi) is 11.5. The Morgan fingerprint density at radius 2 is 1.40 bits per heavy atom. The van der Waals surface area contributed by atoms with Crippen LogP contribution in [0.15, 0.2) is 66.7 Å². The molecule has 13 nitrogen and oxygen atoms in total. The largest absolute Gasteiger partial charge is 0.458 e. The number of benzene rings is 3. The SMILES string of the molecule is COP(=O)(OC)[C@@H]1[C@H](CCN2C(=O)c3cccc4cccc(c34)C2=O)C[C@@H](C(=O)N[C@@H](Cc2ccccc2)C(=O)OC(C)(C)C)N1C(=O)OC(C)(C)C. The fraction of sp³-hybridized carbons (Fsp3) is 0.462. The molecule has 1 saturated heterocycles. The molecule has 53 heavy (non-hydrogen) atoms. The number of likely N-dealkylation sites (tertiary alicyclic amines) is 1. The van der Waals surface area contributed by atoms with Crippen molar-refractivity contribution in [2.24, 2.45) is 5.92 Å². The highest BCUT2D eigenvalue weighted by atomic mass is 31.2. The number of hydrogen-bond donors (Lipinski definition) is 1. The van der Waals surface area contributed by atoms with Crippen molar-refractivity contribution >= 4 is 48.2 Å². The first-order valence-corrected chi connectivity index (χ1v) is 19.2. The summed E-state index contributed by atoms with van der Waals surface area (Å²) in [6, 6.07) is 17.1. The van der Waals surface area contributed by atoms with E-state index in [4.69, 9.17) is 18.5 Å². The van der Waals surface area contributed by atoms with Gasteiger partial charge in [-0.1, -0.05) is 54.6 Å². The average Bonchev–Trinajstić information content (AvgIpc) is 3.49. The third kappa shape index (κ3) is 8.64. The Balaban J connectivity index is 1.50. The number of hydrogen-bond acceptors (Lipinski definition) is 10. The fourth-order valence-electron chi connectivity index (χ4n) is 6.95. The second-order valence-corrected chi connectivity index (χ2v) is 17.6. The molecule has 2 aliphatic rings. The molecule has 4 atom stereocenters. The van der Waals surface area contributed by atoms with E-state index in [2.05, 4.69) is 5.32 Å². The molecule has 284 valence electrons. The van der Waals surface area contributed by atoms with Gasteiger partial charge in [-0.25, -0.2) is 9.59 Å². The van der Waals surface area contributed by atoms with Gasteiger partial charge in [0.05, 0.1) is 0 Å². The lowest BCUT2D eigenvalue weighted by Crippen LogP contribution is -2.54. The van der Waals surface area contributed by atoms with Crippen molar-refractivity contribution in [1.29, 1.82) is 0 Å². The van der Waals surface area contributed by atoms with Crippen LogP contribution in [0.4, 0.5) is 4.79 Å². The van der Waals surface area contributed by atoms with Gasteiger partial charge >= 0.3 is 19.7 Å². The maximum Gasteiger partial charge on any atom is 0.411 e. The fourth-order valence-corrected chi connectivity index (χ4v) is 8.88.